The van der Waals surface area contributed by atoms with E-state index < -0.39 is 12.1 Å². The topological polar surface area (TPSA) is 46.5 Å². The van der Waals surface area contributed by atoms with E-state index in [1.807, 2.05) is 27.7 Å². The zero-order chi connectivity index (χ0) is 12.2. The number of ether oxygens (including phenoxy) is 1. The predicted octanol–water partition coefficient (Wildman–Crippen LogP) is 2.15. The zero-order valence-electron chi connectivity index (χ0n) is 10.3. The Morgan fingerprint density at radius 2 is 1.93 bits per heavy atom. The van der Waals surface area contributed by atoms with Gasteiger partial charge in [0.25, 0.3) is 0 Å². The van der Waals surface area contributed by atoms with Crippen molar-refractivity contribution >= 4 is 5.97 Å². The van der Waals surface area contributed by atoms with Gasteiger partial charge in [0.1, 0.15) is 0 Å². The van der Waals surface area contributed by atoms with Crippen LogP contribution in [0.4, 0.5) is 0 Å². The highest BCUT2D eigenvalue weighted by Crippen LogP contribution is 2.32. The molecular formula is C12H22O3. The van der Waals surface area contributed by atoms with Gasteiger partial charge in [-0.15, -0.1) is 0 Å². The Morgan fingerprint density at radius 1 is 1.47 bits per heavy atom. The van der Waals surface area contributed by atoms with Crippen LogP contribution in [0.1, 0.15) is 34.1 Å². The summed E-state index contributed by atoms with van der Waals surface area (Å²) in [6, 6.07) is 0. The van der Waals surface area contributed by atoms with Crippen LogP contribution in [0.15, 0.2) is 12.2 Å². The first-order valence-corrected chi connectivity index (χ1v) is 5.16. The fourth-order valence-corrected chi connectivity index (χ4v) is 1.77. The maximum Gasteiger partial charge on any atom is 0.333 e. The van der Waals surface area contributed by atoms with Crippen molar-refractivity contribution in [3.05, 3.63) is 12.2 Å². The summed E-state index contributed by atoms with van der Waals surface area (Å²) in [6.45, 7) is 11.4. The number of carbonyl (C=O) groups is 1. The first-order valence-electron chi connectivity index (χ1n) is 5.16. The maximum absolute atomic E-state index is 11.2. The summed E-state index contributed by atoms with van der Waals surface area (Å²) in [5, 5.41) is 9.96. The smallest absolute Gasteiger partial charge is 0.333 e. The largest absolute Gasteiger partial charge is 0.466 e. The number of aliphatic hydroxyl groups is 1. The van der Waals surface area contributed by atoms with Crippen LogP contribution in [-0.4, -0.2) is 24.3 Å². The Kier molecular flexibility index (Phi) is 5.01. The quantitative estimate of drug-likeness (QED) is 0.563. The van der Waals surface area contributed by atoms with Crippen LogP contribution in [0.5, 0.6) is 0 Å². The van der Waals surface area contributed by atoms with Crippen molar-refractivity contribution in [3.63, 3.8) is 0 Å². The maximum atomic E-state index is 11.2. The monoisotopic (exact) mass is 214 g/mol. The van der Waals surface area contributed by atoms with E-state index in [2.05, 4.69) is 11.3 Å². The van der Waals surface area contributed by atoms with Crippen LogP contribution in [0.2, 0.25) is 0 Å². The summed E-state index contributed by atoms with van der Waals surface area (Å²) in [4.78, 5) is 11.2. The van der Waals surface area contributed by atoms with E-state index in [1.54, 1.807) is 0 Å². The van der Waals surface area contributed by atoms with E-state index in [1.165, 1.54) is 7.11 Å². The molecule has 0 heterocycles. The molecule has 0 aliphatic rings. The number of aliphatic hydroxyl groups excluding tert-OH is 1. The summed E-state index contributed by atoms with van der Waals surface area (Å²) < 4.78 is 4.58. The lowest BCUT2D eigenvalue weighted by Crippen LogP contribution is -2.34. The molecule has 0 bridgehead atoms. The molecule has 0 aliphatic carbocycles. The highest BCUT2D eigenvalue weighted by Gasteiger charge is 2.32. The fourth-order valence-electron chi connectivity index (χ4n) is 1.77. The van der Waals surface area contributed by atoms with E-state index in [4.69, 9.17) is 0 Å². The van der Waals surface area contributed by atoms with Crippen LogP contribution >= 0.6 is 0 Å². The van der Waals surface area contributed by atoms with Crippen LogP contribution in [-0.2, 0) is 9.53 Å². The van der Waals surface area contributed by atoms with Gasteiger partial charge in [-0.3, -0.25) is 0 Å². The molecule has 0 fully saturated rings. The molecule has 15 heavy (non-hydrogen) atoms. The van der Waals surface area contributed by atoms with Gasteiger partial charge >= 0.3 is 5.97 Å². The molecule has 1 unspecified atom stereocenters. The van der Waals surface area contributed by atoms with E-state index in [9.17, 15) is 9.90 Å². The Morgan fingerprint density at radius 3 is 2.27 bits per heavy atom. The molecule has 0 rings (SSSR count). The van der Waals surface area contributed by atoms with E-state index in [0.717, 1.165) is 0 Å². The average Bonchev–Trinajstić information content (AvgIpc) is 2.14. The van der Waals surface area contributed by atoms with Gasteiger partial charge in [0, 0.05) is 5.57 Å². The second-order valence-electron chi connectivity index (χ2n) is 4.95. The molecule has 0 aromatic carbocycles. The number of hydrogen-bond acceptors (Lipinski definition) is 3. The molecule has 88 valence electrons. The first-order chi connectivity index (χ1) is 6.72. The molecule has 1 N–H and O–H groups in total. The van der Waals surface area contributed by atoms with Crippen molar-refractivity contribution in [2.24, 2.45) is 11.3 Å². The highest BCUT2D eigenvalue weighted by atomic mass is 16.5. The fraction of sp³-hybridized carbons (Fsp3) is 0.750. The molecule has 3 heteroatoms. The Hall–Kier alpha value is -0.830. The zero-order valence-corrected chi connectivity index (χ0v) is 10.3. The first kappa shape index (κ1) is 14.2. The molecule has 0 aromatic rings. The van der Waals surface area contributed by atoms with Crippen molar-refractivity contribution in [1.82, 2.24) is 0 Å². The molecule has 0 aromatic heterocycles. The van der Waals surface area contributed by atoms with Gasteiger partial charge in [-0.1, -0.05) is 34.3 Å². The summed E-state index contributed by atoms with van der Waals surface area (Å²) >= 11 is 0. The summed E-state index contributed by atoms with van der Waals surface area (Å²) in [5.74, 6) is -0.246. The van der Waals surface area contributed by atoms with Crippen molar-refractivity contribution in [1.29, 1.82) is 0 Å². The SMILES string of the molecule is C=C(CC(C)(C)C(O)C(C)C)C(=O)OC. The van der Waals surface area contributed by atoms with Gasteiger partial charge in [0.2, 0.25) is 0 Å². The third-order valence-electron chi connectivity index (χ3n) is 2.58. The van der Waals surface area contributed by atoms with Crippen molar-refractivity contribution in [2.45, 2.75) is 40.2 Å². The minimum atomic E-state index is -0.459. The molecule has 1 atom stereocenters. The molecule has 3 nitrogen and oxygen atoms in total. The molecule has 0 spiro atoms. The third-order valence-corrected chi connectivity index (χ3v) is 2.58. The molecule has 0 amide bonds. The van der Waals surface area contributed by atoms with Crippen molar-refractivity contribution in [3.8, 4) is 0 Å². The second-order valence-corrected chi connectivity index (χ2v) is 4.95. The van der Waals surface area contributed by atoms with Crippen molar-refractivity contribution < 1.29 is 14.6 Å². The second kappa shape index (κ2) is 5.31. The summed E-state index contributed by atoms with van der Waals surface area (Å²) in [7, 11) is 1.33. The van der Waals surface area contributed by atoms with Gasteiger partial charge in [-0.2, -0.15) is 0 Å². The number of rotatable bonds is 5. The standard InChI is InChI=1S/C12H22O3/c1-8(2)10(13)12(4,5)7-9(3)11(14)15-6/h8,10,13H,3,7H2,1-2,4-6H3. The molecule has 0 saturated heterocycles. The van der Waals surface area contributed by atoms with Crippen molar-refractivity contribution in [2.75, 3.05) is 7.11 Å². The van der Waals surface area contributed by atoms with Gasteiger partial charge in [-0.25, -0.2) is 4.79 Å². The molecule has 0 radical (unpaired) electrons. The van der Waals surface area contributed by atoms with Crippen LogP contribution in [0, 0.1) is 11.3 Å². The normalized spacial score (nSPS) is 13.8. The number of hydrogen-bond donors (Lipinski definition) is 1. The van der Waals surface area contributed by atoms with Crippen LogP contribution < -0.4 is 0 Å². The molecular weight excluding hydrogens is 192 g/mol. The molecule has 0 aliphatic heterocycles. The Bertz CT molecular complexity index is 241. The predicted molar refractivity (Wildman–Crippen MR) is 60.4 cm³/mol. The van der Waals surface area contributed by atoms with Crippen LogP contribution in [0.25, 0.3) is 0 Å². The van der Waals surface area contributed by atoms with Crippen LogP contribution in [0.3, 0.4) is 0 Å². The number of carbonyl (C=O) groups excluding carboxylic acids is 1. The van der Waals surface area contributed by atoms with E-state index >= 15 is 0 Å². The van der Waals surface area contributed by atoms with Gasteiger partial charge < -0.3 is 9.84 Å². The lowest BCUT2D eigenvalue weighted by Gasteiger charge is -2.33. The van der Waals surface area contributed by atoms with E-state index in [0.29, 0.717) is 12.0 Å². The average molecular weight is 214 g/mol. The molecule has 0 saturated carbocycles. The number of esters is 1. The lowest BCUT2D eigenvalue weighted by molar-refractivity contribution is -0.136. The van der Waals surface area contributed by atoms with E-state index in [-0.39, 0.29) is 11.3 Å². The minimum Gasteiger partial charge on any atom is -0.466 e. The summed E-state index contributed by atoms with van der Waals surface area (Å²) in [5.41, 5.74) is 0.0431. The van der Waals surface area contributed by atoms with Gasteiger partial charge in [-0.05, 0) is 17.8 Å². The Labute approximate surface area is 92.1 Å². The summed E-state index contributed by atoms with van der Waals surface area (Å²) in [6.07, 6.45) is -0.0159. The Balaban J connectivity index is 4.50. The van der Waals surface area contributed by atoms with Gasteiger partial charge in [0.15, 0.2) is 0 Å². The lowest BCUT2D eigenvalue weighted by atomic mass is 9.76. The third kappa shape index (κ3) is 4.04. The number of methoxy groups -OCH3 is 1. The minimum absolute atomic E-state index is 0.158. The highest BCUT2D eigenvalue weighted by molar-refractivity contribution is 5.87. The van der Waals surface area contributed by atoms with Gasteiger partial charge in [0.05, 0.1) is 13.2 Å².